The molecule has 0 bridgehead atoms. The van der Waals surface area contributed by atoms with E-state index in [0.717, 1.165) is 52.0 Å². The summed E-state index contributed by atoms with van der Waals surface area (Å²) in [6.45, 7) is 4.51. The molecule has 0 radical (unpaired) electrons. The molecular formula is C20H25N3O2. The number of rotatable bonds is 5. The fourth-order valence-corrected chi connectivity index (χ4v) is 3.28. The summed E-state index contributed by atoms with van der Waals surface area (Å²) in [5.74, 6) is 0.00221. The molecule has 132 valence electrons. The number of benzene rings is 1. The average molecular weight is 339 g/mol. The van der Waals surface area contributed by atoms with Crippen LogP contribution in [-0.2, 0) is 6.42 Å². The van der Waals surface area contributed by atoms with Crippen LogP contribution in [0.1, 0.15) is 28.8 Å². The van der Waals surface area contributed by atoms with Gasteiger partial charge in [-0.15, -0.1) is 0 Å². The summed E-state index contributed by atoms with van der Waals surface area (Å²) in [6.07, 6.45) is 4.73. The molecular weight excluding hydrogens is 314 g/mol. The van der Waals surface area contributed by atoms with E-state index in [0.29, 0.717) is 5.56 Å². The SMILES string of the molecule is O=C(c1ccc(=O)[nH]c1)N1CCCN(CCCc2ccccc2)CC1. The van der Waals surface area contributed by atoms with Crippen LogP contribution in [0.5, 0.6) is 0 Å². The molecule has 5 nitrogen and oxygen atoms in total. The van der Waals surface area contributed by atoms with Crippen LogP contribution >= 0.6 is 0 Å². The predicted octanol–water partition coefficient (Wildman–Crippen LogP) is 2.16. The Hall–Kier alpha value is -2.40. The van der Waals surface area contributed by atoms with Gasteiger partial charge >= 0.3 is 0 Å². The third-order valence-electron chi connectivity index (χ3n) is 4.69. The van der Waals surface area contributed by atoms with Crippen LogP contribution in [0.2, 0.25) is 0 Å². The van der Waals surface area contributed by atoms with E-state index < -0.39 is 0 Å². The minimum Gasteiger partial charge on any atom is -0.337 e. The fourth-order valence-electron chi connectivity index (χ4n) is 3.28. The van der Waals surface area contributed by atoms with Gasteiger partial charge in [0.1, 0.15) is 0 Å². The zero-order valence-corrected chi connectivity index (χ0v) is 14.5. The van der Waals surface area contributed by atoms with Gasteiger partial charge in [-0.25, -0.2) is 0 Å². The molecule has 1 saturated heterocycles. The molecule has 3 rings (SSSR count). The number of hydrogen-bond acceptors (Lipinski definition) is 3. The number of aromatic nitrogens is 1. The second-order valence-corrected chi connectivity index (χ2v) is 6.52. The van der Waals surface area contributed by atoms with Crippen molar-refractivity contribution in [2.24, 2.45) is 0 Å². The quantitative estimate of drug-likeness (QED) is 0.908. The number of aryl methyl sites for hydroxylation is 1. The van der Waals surface area contributed by atoms with Crippen LogP contribution in [0.3, 0.4) is 0 Å². The highest BCUT2D eigenvalue weighted by atomic mass is 16.2. The second-order valence-electron chi connectivity index (χ2n) is 6.52. The zero-order valence-electron chi connectivity index (χ0n) is 14.5. The minimum atomic E-state index is -0.183. The maximum absolute atomic E-state index is 12.6. The summed E-state index contributed by atoms with van der Waals surface area (Å²) in [7, 11) is 0. The Kier molecular flexibility index (Phi) is 6.01. The van der Waals surface area contributed by atoms with Gasteiger partial charge in [0.25, 0.3) is 5.91 Å². The highest BCUT2D eigenvalue weighted by Gasteiger charge is 2.20. The van der Waals surface area contributed by atoms with Crippen molar-refractivity contribution in [1.29, 1.82) is 0 Å². The van der Waals surface area contributed by atoms with Gasteiger partial charge in [-0.2, -0.15) is 0 Å². The average Bonchev–Trinajstić information content (AvgIpc) is 2.88. The van der Waals surface area contributed by atoms with Gasteiger partial charge in [0.05, 0.1) is 5.56 Å². The van der Waals surface area contributed by atoms with Crippen molar-refractivity contribution >= 4 is 5.91 Å². The molecule has 1 aromatic carbocycles. The van der Waals surface area contributed by atoms with E-state index in [1.54, 1.807) is 6.07 Å². The van der Waals surface area contributed by atoms with E-state index in [-0.39, 0.29) is 11.5 Å². The van der Waals surface area contributed by atoms with Crippen LogP contribution in [0.15, 0.2) is 53.5 Å². The molecule has 0 unspecified atom stereocenters. The lowest BCUT2D eigenvalue weighted by Gasteiger charge is -2.22. The Morgan fingerprint density at radius 2 is 1.84 bits per heavy atom. The van der Waals surface area contributed by atoms with E-state index in [9.17, 15) is 9.59 Å². The van der Waals surface area contributed by atoms with Crippen LogP contribution in [-0.4, -0.2) is 53.4 Å². The van der Waals surface area contributed by atoms with Crippen molar-refractivity contribution in [3.8, 4) is 0 Å². The molecule has 5 heteroatoms. The molecule has 2 aromatic rings. The lowest BCUT2D eigenvalue weighted by Crippen LogP contribution is -2.35. The lowest BCUT2D eigenvalue weighted by molar-refractivity contribution is 0.0761. The topological polar surface area (TPSA) is 56.4 Å². The third kappa shape index (κ3) is 5.03. The lowest BCUT2D eigenvalue weighted by atomic mass is 10.1. The number of amides is 1. The number of pyridine rings is 1. The monoisotopic (exact) mass is 339 g/mol. The summed E-state index contributed by atoms with van der Waals surface area (Å²) in [4.78, 5) is 30.6. The Labute approximate surface area is 148 Å². The second kappa shape index (κ2) is 8.62. The molecule has 25 heavy (non-hydrogen) atoms. The van der Waals surface area contributed by atoms with Crippen LogP contribution in [0.4, 0.5) is 0 Å². The van der Waals surface area contributed by atoms with Gasteiger partial charge in [-0.1, -0.05) is 30.3 Å². The van der Waals surface area contributed by atoms with Crippen LogP contribution < -0.4 is 5.56 Å². The van der Waals surface area contributed by atoms with Crippen LogP contribution in [0, 0.1) is 0 Å². The molecule has 0 saturated carbocycles. The number of nitrogens with zero attached hydrogens (tertiary/aromatic N) is 2. The number of nitrogens with one attached hydrogen (secondary N) is 1. The zero-order chi connectivity index (χ0) is 17.5. The molecule has 0 spiro atoms. The van der Waals surface area contributed by atoms with Crippen LogP contribution in [0.25, 0.3) is 0 Å². The van der Waals surface area contributed by atoms with Gasteiger partial charge in [0, 0.05) is 31.9 Å². The van der Waals surface area contributed by atoms with Gasteiger partial charge in [0.2, 0.25) is 5.56 Å². The smallest absolute Gasteiger partial charge is 0.255 e. The molecule has 1 amide bonds. The first-order chi connectivity index (χ1) is 12.2. The van der Waals surface area contributed by atoms with E-state index in [2.05, 4.69) is 34.1 Å². The molecule has 1 fully saturated rings. The Balaban J connectivity index is 1.47. The molecule has 0 atom stereocenters. The van der Waals surface area contributed by atoms with Crippen molar-refractivity contribution in [3.63, 3.8) is 0 Å². The van der Waals surface area contributed by atoms with Crippen molar-refractivity contribution < 1.29 is 4.79 Å². The maximum atomic E-state index is 12.6. The Bertz CT molecular complexity index is 722. The van der Waals surface area contributed by atoms with Crippen molar-refractivity contribution in [2.45, 2.75) is 19.3 Å². The summed E-state index contributed by atoms with van der Waals surface area (Å²) < 4.78 is 0. The van der Waals surface area contributed by atoms with Crippen molar-refractivity contribution in [3.05, 3.63) is 70.1 Å². The highest BCUT2D eigenvalue weighted by molar-refractivity contribution is 5.93. The molecule has 2 heterocycles. The van der Waals surface area contributed by atoms with Gasteiger partial charge < -0.3 is 14.8 Å². The highest BCUT2D eigenvalue weighted by Crippen LogP contribution is 2.10. The summed E-state index contributed by atoms with van der Waals surface area (Å²) in [5, 5.41) is 0. The third-order valence-corrected chi connectivity index (χ3v) is 4.69. The molecule has 1 aliphatic heterocycles. The molecule has 0 aliphatic carbocycles. The Morgan fingerprint density at radius 1 is 1.00 bits per heavy atom. The van der Waals surface area contributed by atoms with E-state index in [1.807, 2.05) is 11.0 Å². The maximum Gasteiger partial charge on any atom is 0.255 e. The number of carbonyl (C=O) groups excluding carboxylic acids is 1. The molecule has 1 aromatic heterocycles. The standard InChI is InChI=1S/C20H25N3O2/c24-19-10-9-18(16-21-19)20(25)23-13-5-12-22(14-15-23)11-4-8-17-6-2-1-3-7-17/h1-3,6-7,9-10,16H,4-5,8,11-15H2,(H,21,24). The first-order valence-electron chi connectivity index (χ1n) is 8.97. The number of aromatic amines is 1. The number of hydrogen-bond donors (Lipinski definition) is 1. The largest absolute Gasteiger partial charge is 0.337 e. The molecule has 1 aliphatic rings. The number of carbonyl (C=O) groups is 1. The first kappa shape index (κ1) is 17.4. The summed E-state index contributed by atoms with van der Waals surface area (Å²) in [5.41, 5.74) is 1.75. The van der Waals surface area contributed by atoms with Gasteiger partial charge in [0.15, 0.2) is 0 Å². The number of H-pyrrole nitrogens is 1. The minimum absolute atomic E-state index is 0.00221. The molecule has 1 N–H and O–H groups in total. The van der Waals surface area contributed by atoms with Gasteiger partial charge in [-0.05, 0) is 44.0 Å². The van der Waals surface area contributed by atoms with E-state index >= 15 is 0 Å². The Morgan fingerprint density at radius 3 is 2.60 bits per heavy atom. The van der Waals surface area contributed by atoms with E-state index in [4.69, 9.17) is 0 Å². The normalized spacial score (nSPS) is 15.8. The predicted molar refractivity (Wildman–Crippen MR) is 98.8 cm³/mol. The van der Waals surface area contributed by atoms with Gasteiger partial charge in [-0.3, -0.25) is 9.59 Å². The van der Waals surface area contributed by atoms with Crippen molar-refractivity contribution in [2.75, 3.05) is 32.7 Å². The fraction of sp³-hybridized carbons (Fsp3) is 0.400. The first-order valence-corrected chi connectivity index (χ1v) is 8.97. The summed E-state index contributed by atoms with van der Waals surface area (Å²) >= 11 is 0. The summed E-state index contributed by atoms with van der Waals surface area (Å²) in [6, 6.07) is 13.6. The van der Waals surface area contributed by atoms with Crippen molar-refractivity contribution in [1.82, 2.24) is 14.8 Å². The van der Waals surface area contributed by atoms with E-state index in [1.165, 1.54) is 17.8 Å².